The molecule has 132 valence electrons. The van der Waals surface area contributed by atoms with Gasteiger partial charge < -0.3 is 10.2 Å². The normalized spacial score (nSPS) is 20.4. The topological polar surface area (TPSA) is 58.1 Å². The first-order valence-corrected chi connectivity index (χ1v) is 8.91. The lowest BCUT2D eigenvalue weighted by Crippen LogP contribution is -2.50. The maximum Gasteiger partial charge on any atom is 0.227 e. The Morgan fingerprint density at radius 3 is 2.92 bits per heavy atom. The molecular formula is C19H23ClN4O. The average molecular weight is 359 g/mol. The first kappa shape index (κ1) is 17.7. The molecule has 0 spiro atoms. The van der Waals surface area contributed by atoms with Crippen LogP contribution in [0.3, 0.4) is 0 Å². The van der Waals surface area contributed by atoms with Gasteiger partial charge in [-0.25, -0.2) is 9.97 Å². The first-order chi connectivity index (χ1) is 12.0. The SMILES string of the molecule is Cc1cc(N2CCCC(C)(C(=O)NCc3ccccc3Cl)C2)ncn1. The lowest BCUT2D eigenvalue weighted by molar-refractivity contribution is -0.130. The summed E-state index contributed by atoms with van der Waals surface area (Å²) in [6, 6.07) is 9.55. The molecule has 2 heterocycles. The summed E-state index contributed by atoms with van der Waals surface area (Å²) in [4.78, 5) is 23.5. The smallest absolute Gasteiger partial charge is 0.227 e. The molecule has 1 fully saturated rings. The van der Waals surface area contributed by atoms with Gasteiger partial charge in [-0.1, -0.05) is 29.8 Å². The molecule has 1 aromatic heterocycles. The molecule has 0 bridgehead atoms. The van der Waals surface area contributed by atoms with Crippen molar-refractivity contribution in [1.29, 1.82) is 0 Å². The number of piperidine rings is 1. The summed E-state index contributed by atoms with van der Waals surface area (Å²) < 4.78 is 0. The highest BCUT2D eigenvalue weighted by molar-refractivity contribution is 6.31. The van der Waals surface area contributed by atoms with Crippen LogP contribution in [0, 0.1) is 12.3 Å². The van der Waals surface area contributed by atoms with Crippen molar-refractivity contribution < 1.29 is 4.79 Å². The molecule has 0 saturated carbocycles. The minimum atomic E-state index is -0.446. The summed E-state index contributed by atoms with van der Waals surface area (Å²) in [6.45, 7) is 5.97. The second-order valence-electron chi connectivity index (χ2n) is 6.88. The van der Waals surface area contributed by atoms with Gasteiger partial charge >= 0.3 is 0 Å². The number of halogens is 1. The van der Waals surface area contributed by atoms with E-state index in [0.29, 0.717) is 18.1 Å². The quantitative estimate of drug-likeness (QED) is 0.910. The molecular weight excluding hydrogens is 336 g/mol. The third kappa shape index (κ3) is 4.10. The predicted molar refractivity (Wildman–Crippen MR) is 99.6 cm³/mol. The largest absolute Gasteiger partial charge is 0.355 e. The molecule has 3 rings (SSSR count). The minimum Gasteiger partial charge on any atom is -0.355 e. The van der Waals surface area contributed by atoms with Crippen molar-refractivity contribution in [3.8, 4) is 0 Å². The zero-order chi connectivity index (χ0) is 17.9. The number of nitrogens with one attached hydrogen (secondary N) is 1. The number of amides is 1. The summed E-state index contributed by atoms with van der Waals surface area (Å²) in [6.07, 6.45) is 3.40. The van der Waals surface area contributed by atoms with Crippen LogP contribution < -0.4 is 10.2 Å². The Bertz CT molecular complexity index is 767. The van der Waals surface area contributed by atoms with E-state index in [4.69, 9.17) is 11.6 Å². The number of carbonyl (C=O) groups excluding carboxylic acids is 1. The monoisotopic (exact) mass is 358 g/mol. The number of aryl methyl sites for hydroxylation is 1. The fourth-order valence-corrected chi connectivity index (χ4v) is 3.47. The van der Waals surface area contributed by atoms with Crippen LogP contribution >= 0.6 is 11.6 Å². The van der Waals surface area contributed by atoms with Crippen molar-refractivity contribution in [2.45, 2.75) is 33.2 Å². The predicted octanol–water partition coefficient (Wildman–Crippen LogP) is 3.36. The third-order valence-corrected chi connectivity index (χ3v) is 5.12. The Labute approximate surface area is 153 Å². The number of hydrogen-bond donors (Lipinski definition) is 1. The van der Waals surface area contributed by atoms with Gasteiger partial charge in [-0.05, 0) is 38.3 Å². The maximum atomic E-state index is 12.8. The minimum absolute atomic E-state index is 0.0582. The fraction of sp³-hybridized carbons (Fsp3) is 0.421. The van der Waals surface area contributed by atoms with Crippen LogP contribution in [0.15, 0.2) is 36.7 Å². The molecule has 1 aliphatic rings. The van der Waals surface area contributed by atoms with Crippen LogP contribution in [-0.2, 0) is 11.3 Å². The summed E-state index contributed by atoms with van der Waals surface area (Å²) in [5, 5.41) is 3.73. The number of anilines is 1. The van der Waals surface area contributed by atoms with Gasteiger partial charge in [0.25, 0.3) is 0 Å². The molecule has 25 heavy (non-hydrogen) atoms. The number of hydrogen-bond acceptors (Lipinski definition) is 4. The molecule has 1 aromatic carbocycles. The van der Waals surface area contributed by atoms with Crippen LogP contribution in [0.5, 0.6) is 0 Å². The van der Waals surface area contributed by atoms with E-state index in [1.54, 1.807) is 6.33 Å². The second-order valence-corrected chi connectivity index (χ2v) is 7.28. The van der Waals surface area contributed by atoms with Gasteiger partial charge in [0, 0.05) is 36.4 Å². The van der Waals surface area contributed by atoms with E-state index in [1.165, 1.54) is 0 Å². The molecule has 0 radical (unpaired) electrons. The van der Waals surface area contributed by atoms with Crippen molar-refractivity contribution in [1.82, 2.24) is 15.3 Å². The van der Waals surface area contributed by atoms with E-state index in [0.717, 1.165) is 36.5 Å². The highest BCUT2D eigenvalue weighted by Crippen LogP contribution is 2.32. The molecule has 1 unspecified atom stereocenters. The molecule has 0 aliphatic carbocycles. The Morgan fingerprint density at radius 1 is 1.36 bits per heavy atom. The van der Waals surface area contributed by atoms with E-state index < -0.39 is 5.41 Å². The number of rotatable bonds is 4. The number of carbonyl (C=O) groups is 1. The molecule has 6 heteroatoms. The molecule has 1 N–H and O–H groups in total. The van der Waals surface area contributed by atoms with Crippen molar-refractivity contribution >= 4 is 23.3 Å². The van der Waals surface area contributed by atoms with Gasteiger partial charge in [0.05, 0.1) is 5.41 Å². The summed E-state index contributed by atoms with van der Waals surface area (Å²) in [5.41, 5.74) is 1.42. The van der Waals surface area contributed by atoms with E-state index in [9.17, 15) is 4.79 Å². The summed E-state index contributed by atoms with van der Waals surface area (Å²) in [7, 11) is 0. The van der Waals surface area contributed by atoms with Gasteiger partial charge in [0.15, 0.2) is 0 Å². The summed E-state index contributed by atoms with van der Waals surface area (Å²) >= 11 is 6.17. The van der Waals surface area contributed by atoms with Crippen molar-refractivity contribution in [3.05, 3.63) is 52.9 Å². The Kier molecular flexibility index (Phi) is 5.23. The Balaban J connectivity index is 1.67. The Morgan fingerprint density at radius 2 is 2.16 bits per heavy atom. The zero-order valence-corrected chi connectivity index (χ0v) is 15.4. The highest BCUT2D eigenvalue weighted by Gasteiger charge is 2.38. The van der Waals surface area contributed by atoms with Gasteiger partial charge in [-0.2, -0.15) is 0 Å². The molecule has 1 amide bonds. The molecule has 1 saturated heterocycles. The third-order valence-electron chi connectivity index (χ3n) is 4.76. The zero-order valence-electron chi connectivity index (χ0n) is 14.6. The van der Waals surface area contributed by atoms with Crippen molar-refractivity contribution in [3.63, 3.8) is 0 Å². The van der Waals surface area contributed by atoms with Gasteiger partial charge in [0.2, 0.25) is 5.91 Å². The van der Waals surface area contributed by atoms with E-state index in [1.807, 2.05) is 44.2 Å². The van der Waals surface area contributed by atoms with Crippen LogP contribution in [0.2, 0.25) is 5.02 Å². The van der Waals surface area contributed by atoms with E-state index >= 15 is 0 Å². The Hall–Kier alpha value is -2.14. The van der Waals surface area contributed by atoms with E-state index in [2.05, 4.69) is 20.2 Å². The van der Waals surface area contributed by atoms with Crippen LogP contribution in [0.1, 0.15) is 31.0 Å². The van der Waals surface area contributed by atoms with Crippen LogP contribution in [0.25, 0.3) is 0 Å². The molecule has 1 atom stereocenters. The fourth-order valence-electron chi connectivity index (χ4n) is 3.26. The standard InChI is InChI=1S/C19H23ClN4O/c1-14-10-17(23-13-22-14)24-9-5-8-19(2,12-24)18(25)21-11-15-6-3-4-7-16(15)20/h3-4,6-7,10,13H,5,8-9,11-12H2,1-2H3,(H,21,25). The van der Waals surface area contributed by atoms with Crippen molar-refractivity contribution in [2.75, 3.05) is 18.0 Å². The van der Waals surface area contributed by atoms with Crippen molar-refractivity contribution in [2.24, 2.45) is 5.41 Å². The average Bonchev–Trinajstić information content (AvgIpc) is 2.61. The first-order valence-electron chi connectivity index (χ1n) is 8.53. The van der Waals surface area contributed by atoms with Gasteiger partial charge in [0.1, 0.15) is 12.1 Å². The van der Waals surface area contributed by atoms with E-state index in [-0.39, 0.29) is 5.91 Å². The lowest BCUT2D eigenvalue weighted by Gasteiger charge is -2.40. The molecule has 2 aromatic rings. The number of nitrogens with zero attached hydrogens (tertiary/aromatic N) is 3. The molecule has 5 nitrogen and oxygen atoms in total. The number of aromatic nitrogens is 2. The van der Waals surface area contributed by atoms with Gasteiger partial charge in [-0.3, -0.25) is 4.79 Å². The van der Waals surface area contributed by atoms with Gasteiger partial charge in [-0.15, -0.1) is 0 Å². The second kappa shape index (κ2) is 7.40. The summed E-state index contributed by atoms with van der Waals surface area (Å²) in [5.74, 6) is 0.945. The maximum absolute atomic E-state index is 12.8. The van der Waals surface area contributed by atoms with Crippen LogP contribution in [0.4, 0.5) is 5.82 Å². The number of benzene rings is 1. The molecule has 1 aliphatic heterocycles. The van der Waals surface area contributed by atoms with Crippen LogP contribution in [-0.4, -0.2) is 29.0 Å². The lowest BCUT2D eigenvalue weighted by atomic mass is 9.81. The highest BCUT2D eigenvalue weighted by atomic mass is 35.5.